The lowest BCUT2D eigenvalue weighted by Gasteiger charge is -2.32. The molecule has 220 valence electrons. The van der Waals surface area contributed by atoms with Gasteiger partial charge in [0.1, 0.15) is 5.75 Å². The zero-order valence-electron chi connectivity index (χ0n) is 26.3. The quantitative estimate of drug-likeness (QED) is 0.165. The molecular formula is C35H62O3. The van der Waals surface area contributed by atoms with Gasteiger partial charge in [-0.25, -0.2) is 0 Å². The van der Waals surface area contributed by atoms with E-state index in [1.807, 2.05) is 6.07 Å². The average molecular weight is 531 g/mol. The SMILES string of the molecule is CCCCCCCCCCCCCCCCCCC(CC(=O)O)c1ccc(C(C)(C)C)c(O)c1C(C)(C)C. The lowest BCUT2D eigenvalue weighted by Crippen LogP contribution is -2.21. The Morgan fingerprint density at radius 2 is 1.11 bits per heavy atom. The molecule has 0 saturated heterocycles. The smallest absolute Gasteiger partial charge is 0.303 e. The Bertz CT molecular complexity index is 782. The first-order valence-electron chi connectivity index (χ1n) is 16.0. The number of phenolic OH excluding ortho intramolecular Hbond substituents is 1. The van der Waals surface area contributed by atoms with Crippen molar-refractivity contribution in [1.82, 2.24) is 0 Å². The maximum atomic E-state index is 11.8. The molecule has 1 aromatic rings. The minimum absolute atomic E-state index is 0.0618. The van der Waals surface area contributed by atoms with E-state index >= 15 is 0 Å². The Hall–Kier alpha value is -1.51. The van der Waals surface area contributed by atoms with E-state index in [1.54, 1.807) is 0 Å². The summed E-state index contributed by atoms with van der Waals surface area (Å²) in [6.07, 6.45) is 22.4. The minimum atomic E-state index is -0.759. The predicted octanol–water partition coefficient (Wildman–Crippen LogP) is 11.2. The van der Waals surface area contributed by atoms with Crippen molar-refractivity contribution in [1.29, 1.82) is 0 Å². The molecule has 0 spiro atoms. The molecule has 38 heavy (non-hydrogen) atoms. The fourth-order valence-corrected chi connectivity index (χ4v) is 5.86. The first kappa shape index (κ1) is 34.5. The lowest BCUT2D eigenvalue weighted by molar-refractivity contribution is -0.137. The van der Waals surface area contributed by atoms with Crippen LogP contribution in [0.1, 0.15) is 187 Å². The van der Waals surface area contributed by atoms with Gasteiger partial charge in [-0.2, -0.15) is 0 Å². The molecule has 0 aliphatic carbocycles. The third kappa shape index (κ3) is 13.5. The predicted molar refractivity (Wildman–Crippen MR) is 165 cm³/mol. The number of carbonyl (C=O) groups is 1. The van der Waals surface area contributed by atoms with Gasteiger partial charge in [-0.1, -0.05) is 163 Å². The second-order valence-corrected chi connectivity index (χ2v) is 13.8. The molecule has 0 fully saturated rings. The fraction of sp³-hybridized carbons (Fsp3) is 0.800. The van der Waals surface area contributed by atoms with E-state index in [2.05, 4.69) is 54.5 Å². The summed E-state index contributed by atoms with van der Waals surface area (Å²) in [5.74, 6) is -0.469. The number of hydrogen-bond acceptors (Lipinski definition) is 2. The van der Waals surface area contributed by atoms with E-state index in [9.17, 15) is 15.0 Å². The molecule has 0 bridgehead atoms. The van der Waals surface area contributed by atoms with Crippen LogP contribution in [0.15, 0.2) is 12.1 Å². The standard InChI is InChI=1S/C35H62O3/c1-8-9-10-11-12-13-14-15-16-17-18-19-20-21-22-23-24-28(27-31(36)37)29-25-26-30(34(2,3)4)33(38)32(29)35(5,6)7/h25-26,28,38H,8-24,27H2,1-7H3,(H,36,37). The van der Waals surface area contributed by atoms with Crippen LogP contribution in [0.3, 0.4) is 0 Å². The number of benzene rings is 1. The van der Waals surface area contributed by atoms with E-state index in [0.717, 1.165) is 36.0 Å². The normalized spacial score (nSPS) is 13.1. The number of carboxylic acid groups (broad SMARTS) is 1. The Kier molecular flexibility index (Phi) is 16.3. The van der Waals surface area contributed by atoms with Crippen molar-refractivity contribution < 1.29 is 15.0 Å². The zero-order valence-corrected chi connectivity index (χ0v) is 26.3. The molecule has 3 nitrogen and oxygen atoms in total. The number of rotatable bonds is 20. The molecule has 1 rings (SSSR count). The second-order valence-electron chi connectivity index (χ2n) is 13.8. The zero-order chi connectivity index (χ0) is 28.6. The molecule has 0 amide bonds. The van der Waals surface area contributed by atoms with Gasteiger partial charge in [0, 0.05) is 5.56 Å². The van der Waals surface area contributed by atoms with Crippen LogP contribution < -0.4 is 0 Å². The Balaban J connectivity index is 2.46. The van der Waals surface area contributed by atoms with Crippen LogP contribution in [-0.2, 0) is 15.6 Å². The number of aromatic hydroxyl groups is 1. The topological polar surface area (TPSA) is 57.5 Å². The molecule has 0 radical (unpaired) electrons. The fourth-order valence-electron chi connectivity index (χ4n) is 5.86. The molecule has 0 saturated carbocycles. The molecule has 0 aliphatic heterocycles. The number of phenols is 1. The highest BCUT2D eigenvalue weighted by Gasteiger charge is 2.31. The third-order valence-electron chi connectivity index (χ3n) is 8.04. The molecule has 0 aliphatic rings. The molecule has 1 atom stereocenters. The highest BCUT2D eigenvalue weighted by molar-refractivity contribution is 5.68. The van der Waals surface area contributed by atoms with Gasteiger partial charge in [-0.05, 0) is 34.3 Å². The minimum Gasteiger partial charge on any atom is -0.507 e. The van der Waals surface area contributed by atoms with Crippen LogP contribution in [0, 0.1) is 0 Å². The highest BCUT2D eigenvalue weighted by Crippen LogP contribution is 2.44. The van der Waals surface area contributed by atoms with Gasteiger partial charge in [0.15, 0.2) is 0 Å². The maximum absolute atomic E-state index is 11.8. The molecule has 0 aromatic heterocycles. The van der Waals surface area contributed by atoms with Gasteiger partial charge < -0.3 is 10.2 Å². The summed E-state index contributed by atoms with van der Waals surface area (Å²) in [6.45, 7) is 15.0. The van der Waals surface area contributed by atoms with Crippen molar-refractivity contribution in [3.63, 3.8) is 0 Å². The average Bonchev–Trinajstić information content (AvgIpc) is 2.81. The van der Waals surface area contributed by atoms with Crippen molar-refractivity contribution in [2.75, 3.05) is 0 Å². The lowest BCUT2D eigenvalue weighted by atomic mass is 9.73. The van der Waals surface area contributed by atoms with E-state index in [4.69, 9.17) is 0 Å². The van der Waals surface area contributed by atoms with Gasteiger partial charge in [0.25, 0.3) is 0 Å². The van der Waals surface area contributed by atoms with Crippen LogP contribution in [0.5, 0.6) is 5.75 Å². The van der Waals surface area contributed by atoms with Crippen LogP contribution in [0.2, 0.25) is 0 Å². The Labute approximate surface area is 236 Å². The summed E-state index contributed by atoms with van der Waals surface area (Å²) in [6, 6.07) is 4.11. The van der Waals surface area contributed by atoms with Crippen LogP contribution in [-0.4, -0.2) is 16.2 Å². The summed E-state index contributed by atoms with van der Waals surface area (Å²) in [5.41, 5.74) is 2.45. The number of hydrogen-bond donors (Lipinski definition) is 2. The Morgan fingerprint density at radius 1 is 0.684 bits per heavy atom. The van der Waals surface area contributed by atoms with Gasteiger partial charge in [0.05, 0.1) is 6.42 Å². The first-order chi connectivity index (χ1) is 17.9. The number of unbranched alkanes of at least 4 members (excludes halogenated alkanes) is 15. The van der Waals surface area contributed by atoms with Gasteiger partial charge in [0.2, 0.25) is 0 Å². The number of carboxylic acids is 1. The monoisotopic (exact) mass is 530 g/mol. The van der Waals surface area contributed by atoms with Crippen LogP contribution >= 0.6 is 0 Å². The van der Waals surface area contributed by atoms with Gasteiger partial charge >= 0.3 is 5.97 Å². The molecule has 3 heteroatoms. The summed E-state index contributed by atoms with van der Waals surface area (Å²) >= 11 is 0. The van der Waals surface area contributed by atoms with Gasteiger partial charge in [-0.15, -0.1) is 0 Å². The van der Waals surface area contributed by atoms with Crippen molar-refractivity contribution in [3.8, 4) is 5.75 Å². The molecule has 2 N–H and O–H groups in total. The molecule has 0 heterocycles. The van der Waals surface area contributed by atoms with Crippen molar-refractivity contribution in [3.05, 3.63) is 28.8 Å². The van der Waals surface area contributed by atoms with Crippen molar-refractivity contribution in [2.24, 2.45) is 0 Å². The van der Waals surface area contributed by atoms with E-state index in [-0.39, 0.29) is 23.2 Å². The first-order valence-corrected chi connectivity index (χ1v) is 16.0. The summed E-state index contributed by atoms with van der Waals surface area (Å²) in [7, 11) is 0. The van der Waals surface area contributed by atoms with E-state index in [1.165, 1.54) is 89.9 Å². The van der Waals surface area contributed by atoms with E-state index < -0.39 is 5.97 Å². The largest absolute Gasteiger partial charge is 0.507 e. The van der Waals surface area contributed by atoms with Crippen molar-refractivity contribution >= 4 is 5.97 Å². The third-order valence-corrected chi connectivity index (χ3v) is 8.04. The van der Waals surface area contributed by atoms with Crippen LogP contribution in [0.25, 0.3) is 0 Å². The molecule has 1 unspecified atom stereocenters. The summed E-state index contributed by atoms with van der Waals surface area (Å²) < 4.78 is 0. The van der Waals surface area contributed by atoms with E-state index in [0.29, 0.717) is 5.75 Å². The summed E-state index contributed by atoms with van der Waals surface area (Å²) in [5, 5.41) is 21.0. The second kappa shape index (κ2) is 18.0. The maximum Gasteiger partial charge on any atom is 0.303 e. The molecular weight excluding hydrogens is 468 g/mol. The number of aliphatic carboxylic acids is 1. The summed E-state index contributed by atoms with van der Waals surface area (Å²) in [4.78, 5) is 11.8. The Morgan fingerprint density at radius 3 is 1.47 bits per heavy atom. The van der Waals surface area contributed by atoms with Crippen molar-refractivity contribution in [2.45, 2.75) is 181 Å². The molecule has 1 aromatic carbocycles. The van der Waals surface area contributed by atoms with Crippen LogP contribution in [0.4, 0.5) is 0 Å². The highest BCUT2D eigenvalue weighted by atomic mass is 16.4. The van der Waals surface area contributed by atoms with Gasteiger partial charge in [-0.3, -0.25) is 4.79 Å².